The van der Waals surface area contributed by atoms with Crippen LogP contribution in [0.5, 0.6) is 0 Å². The van der Waals surface area contributed by atoms with Crippen LogP contribution in [-0.2, 0) is 11.3 Å². The average Bonchev–Trinajstić information content (AvgIpc) is 2.63. The lowest BCUT2D eigenvalue weighted by atomic mass is 10.1. The monoisotopic (exact) mass is 329 g/mol. The van der Waals surface area contributed by atoms with E-state index >= 15 is 0 Å². The number of amides is 1. The summed E-state index contributed by atoms with van der Waals surface area (Å²) in [6.45, 7) is 7.23. The quantitative estimate of drug-likeness (QED) is 0.892. The van der Waals surface area contributed by atoms with Crippen LogP contribution in [0, 0.1) is 0 Å². The first-order valence-electron chi connectivity index (χ1n) is 8.41. The number of morpholine rings is 1. The lowest BCUT2D eigenvalue weighted by Crippen LogP contribution is -2.42. The van der Waals surface area contributed by atoms with E-state index in [1.54, 1.807) is 12.3 Å². The Hall–Kier alpha value is -2.18. The molecular weight excluding hydrogens is 306 g/mol. The topological polar surface area (TPSA) is 63.6 Å². The third kappa shape index (κ3) is 3.49. The van der Waals surface area contributed by atoms with E-state index in [2.05, 4.69) is 10.2 Å². The van der Waals surface area contributed by atoms with Gasteiger partial charge in [-0.05, 0) is 19.1 Å². The van der Waals surface area contributed by atoms with Crippen LogP contribution in [0.4, 0.5) is 0 Å². The Morgan fingerprint density at radius 3 is 2.75 bits per heavy atom. The van der Waals surface area contributed by atoms with Gasteiger partial charge in [-0.15, -0.1) is 0 Å². The minimum absolute atomic E-state index is 0.206. The number of benzene rings is 1. The minimum Gasteiger partial charge on any atom is -0.379 e. The molecule has 1 fully saturated rings. The van der Waals surface area contributed by atoms with E-state index < -0.39 is 0 Å². The van der Waals surface area contributed by atoms with Gasteiger partial charge in [-0.3, -0.25) is 14.5 Å². The number of hydrogen-bond acceptors (Lipinski definition) is 4. The molecule has 1 saturated heterocycles. The van der Waals surface area contributed by atoms with E-state index in [0.717, 1.165) is 38.4 Å². The summed E-state index contributed by atoms with van der Waals surface area (Å²) in [6.07, 6.45) is 1.66. The largest absolute Gasteiger partial charge is 0.379 e. The van der Waals surface area contributed by atoms with Crippen molar-refractivity contribution in [3.05, 3.63) is 46.2 Å². The molecule has 1 aliphatic rings. The molecule has 0 bridgehead atoms. The summed E-state index contributed by atoms with van der Waals surface area (Å²) in [7, 11) is 0. The third-order valence-electron chi connectivity index (χ3n) is 4.39. The first kappa shape index (κ1) is 16.7. The van der Waals surface area contributed by atoms with Gasteiger partial charge in [0.15, 0.2) is 0 Å². The molecule has 0 spiro atoms. The molecule has 3 rings (SSSR count). The molecule has 24 heavy (non-hydrogen) atoms. The molecule has 0 radical (unpaired) electrons. The molecule has 2 heterocycles. The van der Waals surface area contributed by atoms with Crippen LogP contribution in [0.15, 0.2) is 35.3 Å². The average molecular weight is 329 g/mol. The molecule has 0 atom stereocenters. The van der Waals surface area contributed by atoms with Crippen LogP contribution in [0.3, 0.4) is 0 Å². The van der Waals surface area contributed by atoms with Crippen LogP contribution in [0.1, 0.15) is 17.3 Å². The number of para-hydroxylation sites is 1. The zero-order chi connectivity index (χ0) is 16.9. The highest BCUT2D eigenvalue weighted by Gasteiger charge is 2.15. The van der Waals surface area contributed by atoms with Crippen LogP contribution in [-0.4, -0.2) is 54.8 Å². The molecule has 1 amide bonds. The Bertz CT molecular complexity index is 779. The molecule has 1 aromatic heterocycles. The lowest BCUT2D eigenvalue weighted by Gasteiger charge is -2.26. The van der Waals surface area contributed by atoms with Crippen molar-refractivity contribution in [3.63, 3.8) is 0 Å². The molecule has 6 nitrogen and oxygen atoms in total. The maximum absolute atomic E-state index is 12.6. The summed E-state index contributed by atoms with van der Waals surface area (Å²) >= 11 is 0. The van der Waals surface area contributed by atoms with E-state index in [0.29, 0.717) is 18.5 Å². The predicted molar refractivity (Wildman–Crippen MR) is 93.5 cm³/mol. The number of carbonyl (C=O) groups is 1. The zero-order valence-electron chi connectivity index (χ0n) is 14.0. The Balaban J connectivity index is 1.74. The van der Waals surface area contributed by atoms with Gasteiger partial charge in [-0.2, -0.15) is 0 Å². The first-order chi connectivity index (χ1) is 11.7. The Morgan fingerprint density at radius 1 is 1.25 bits per heavy atom. The van der Waals surface area contributed by atoms with E-state index in [1.807, 2.05) is 29.7 Å². The van der Waals surface area contributed by atoms with E-state index in [9.17, 15) is 9.59 Å². The van der Waals surface area contributed by atoms with Gasteiger partial charge in [0.2, 0.25) is 5.43 Å². The van der Waals surface area contributed by atoms with Gasteiger partial charge in [-0.25, -0.2) is 0 Å². The van der Waals surface area contributed by atoms with Crippen LogP contribution in [0.2, 0.25) is 0 Å². The first-order valence-corrected chi connectivity index (χ1v) is 8.41. The van der Waals surface area contributed by atoms with Gasteiger partial charge in [0.05, 0.1) is 18.7 Å². The maximum atomic E-state index is 12.6. The number of pyridine rings is 1. The highest BCUT2D eigenvalue weighted by atomic mass is 16.5. The molecule has 6 heteroatoms. The number of ether oxygens (including phenoxy) is 1. The molecule has 0 unspecified atom stereocenters. The molecule has 1 aliphatic heterocycles. The van der Waals surface area contributed by atoms with Crippen molar-refractivity contribution in [2.24, 2.45) is 0 Å². The van der Waals surface area contributed by atoms with Gasteiger partial charge in [0.1, 0.15) is 5.56 Å². The number of nitrogens with one attached hydrogen (secondary N) is 1. The van der Waals surface area contributed by atoms with Crippen molar-refractivity contribution in [2.45, 2.75) is 13.5 Å². The van der Waals surface area contributed by atoms with Crippen molar-refractivity contribution in [1.82, 2.24) is 14.8 Å². The number of carbonyl (C=O) groups excluding carboxylic acids is 1. The van der Waals surface area contributed by atoms with E-state index in [4.69, 9.17) is 4.74 Å². The van der Waals surface area contributed by atoms with Gasteiger partial charge in [0, 0.05) is 44.3 Å². The standard InChI is InChI=1S/C18H23N3O3/c1-2-21-13-15(17(22)14-5-3-4-6-16(14)21)18(23)19-7-8-20-9-11-24-12-10-20/h3-6,13H,2,7-12H2,1H3,(H,19,23). The summed E-state index contributed by atoms with van der Waals surface area (Å²) in [5, 5.41) is 3.45. The maximum Gasteiger partial charge on any atom is 0.256 e. The smallest absolute Gasteiger partial charge is 0.256 e. The van der Waals surface area contributed by atoms with Crippen LogP contribution < -0.4 is 10.7 Å². The molecule has 2 aromatic rings. The number of hydrogen-bond donors (Lipinski definition) is 1. The normalized spacial score (nSPS) is 15.5. The molecule has 0 aliphatic carbocycles. The Labute approximate surface area is 141 Å². The number of aryl methyl sites for hydroxylation is 1. The fraction of sp³-hybridized carbons (Fsp3) is 0.444. The molecule has 128 valence electrons. The predicted octanol–water partition coefficient (Wildman–Crippen LogP) is 1.08. The van der Waals surface area contributed by atoms with Crippen LogP contribution >= 0.6 is 0 Å². The second-order valence-electron chi connectivity index (χ2n) is 5.88. The summed E-state index contributed by atoms with van der Waals surface area (Å²) in [5.74, 6) is -0.304. The molecular formula is C18H23N3O3. The summed E-state index contributed by atoms with van der Waals surface area (Å²) in [6, 6.07) is 7.40. The number of fused-ring (bicyclic) bond motifs is 1. The molecule has 1 aromatic carbocycles. The number of nitrogens with zero attached hydrogens (tertiary/aromatic N) is 2. The van der Waals surface area contributed by atoms with Crippen LogP contribution in [0.25, 0.3) is 10.9 Å². The third-order valence-corrected chi connectivity index (χ3v) is 4.39. The van der Waals surface area contributed by atoms with Gasteiger partial charge >= 0.3 is 0 Å². The molecule has 1 N–H and O–H groups in total. The summed E-state index contributed by atoms with van der Waals surface area (Å²) in [5.41, 5.74) is 0.853. The minimum atomic E-state index is -0.304. The van der Waals surface area contributed by atoms with Crippen molar-refractivity contribution in [3.8, 4) is 0 Å². The molecule has 0 saturated carbocycles. The summed E-state index contributed by atoms with van der Waals surface area (Å²) < 4.78 is 7.24. The second kappa shape index (κ2) is 7.59. The van der Waals surface area contributed by atoms with E-state index in [1.165, 1.54) is 0 Å². The summed E-state index contributed by atoms with van der Waals surface area (Å²) in [4.78, 5) is 27.3. The van der Waals surface area contributed by atoms with E-state index in [-0.39, 0.29) is 16.9 Å². The van der Waals surface area contributed by atoms with Crippen molar-refractivity contribution in [1.29, 1.82) is 0 Å². The van der Waals surface area contributed by atoms with Gasteiger partial charge in [-0.1, -0.05) is 12.1 Å². The van der Waals surface area contributed by atoms with Crippen molar-refractivity contribution >= 4 is 16.8 Å². The lowest BCUT2D eigenvalue weighted by molar-refractivity contribution is 0.0383. The second-order valence-corrected chi connectivity index (χ2v) is 5.88. The number of aromatic nitrogens is 1. The fourth-order valence-electron chi connectivity index (χ4n) is 3.02. The fourth-order valence-corrected chi connectivity index (χ4v) is 3.02. The Morgan fingerprint density at radius 2 is 2.00 bits per heavy atom. The Kier molecular flexibility index (Phi) is 5.27. The SMILES string of the molecule is CCn1cc(C(=O)NCCN2CCOCC2)c(=O)c2ccccc21. The number of rotatable bonds is 5. The van der Waals surface area contributed by atoms with Gasteiger partial charge < -0.3 is 14.6 Å². The van der Waals surface area contributed by atoms with Crippen molar-refractivity contribution in [2.75, 3.05) is 39.4 Å². The zero-order valence-corrected chi connectivity index (χ0v) is 14.0. The van der Waals surface area contributed by atoms with Crippen molar-refractivity contribution < 1.29 is 9.53 Å². The highest BCUT2D eigenvalue weighted by Crippen LogP contribution is 2.11. The highest BCUT2D eigenvalue weighted by molar-refractivity contribution is 5.97. The van der Waals surface area contributed by atoms with Gasteiger partial charge in [0.25, 0.3) is 5.91 Å².